The van der Waals surface area contributed by atoms with Gasteiger partial charge in [-0.25, -0.2) is 4.39 Å². The van der Waals surface area contributed by atoms with E-state index in [9.17, 15) is 29.7 Å². The number of phenolic OH excluding ortho intramolecular Hbond substituents is 1. The van der Waals surface area contributed by atoms with Crippen molar-refractivity contribution in [2.45, 2.75) is 50.2 Å². The first kappa shape index (κ1) is 29.9. The van der Waals surface area contributed by atoms with Gasteiger partial charge in [-0.15, -0.1) is 0 Å². The van der Waals surface area contributed by atoms with Gasteiger partial charge in [-0.05, 0) is 89.8 Å². The fraction of sp³-hybridized carbons (Fsp3) is 0.552. The van der Waals surface area contributed by atoms with Crippen LogP contribution in [0.25, 0.3) is 5.76 Å². The normalized spacial score (nSPS) is 28.0. The van der Waals surface area contributed by atoms with Gasteiger partial charge in [0.2, 0.25) is 11.6 Å². The molecular weight excluding hydrogens is 521 g/mol. The number of aromatic hydroxyl groups is 1. The van der Waals surface area contributed by atoms with Crippen molar-refractivity contribution < 1.29 is 39.2 Å². The van der Waals surface area contributed by atoms with Gasteiger partial charge in [-0.1, -0.05) is 6.08 Å². The number of hydrogen-bond acceptors (Lipinski definition) is 9. The number of fused-ring (bicyclic) bond motifs is 3. The first-order chi connectivity index (χ1) is 19.0. The van der Waals surface area contributed by atoms with Crippen LogP contribution in [0.2, 0.25) is 0 Å². The maximum atomic E-state index is 15.4. The topological polar surface area (TPSA) is 165 Å². The maximum Gasteiger partial charge on any atom is 0.252 e. The summed E-state index contributed by atoms with van der Waals surface area (Å²) in [5, 5.41) is 41.0. The summed E-state index contributed by atoms with van der Waals surface area (Å²) in [6, 6.07) is 0.622. The number of hydrogen-bond donors (Lipinski definition) is 5. The fourth-order valence-corrected chi connectivity index (χ4v) is 6.83. The second-order valence-corrected chi connectivity index (χ2v) is 11.2. The monoisotopic (exact) mass is 559 g/mol. The highest BCUT2D eigenvalue weighted by molar-refractivity contribution is 6.32. The van der Waals surface area contributed by atoms with Gasteiger partial charge in [0.15, 0.2) is 5.60 Å². The van der Waals surface area contributed by atoms with Crippen molar-refractivity contribution in [3.63, 3.8) is 0 Å². The third-order valence-corrected chi connectivity index (χ3v) is 8.77. The van der Waals surface area contributed by atoms with Gasteiger partial charge < -0.3 is 36.0 Å². The third-order valence-electron chi connectivity index (χ3n) is 8.77. The van der Waals surface area contributed by atoms with Gasteiger partial charge in [0.05, 0.1) is 11.1 Å². The summed E-state index contributed by atoms with van der Waals surface area (Å²) in [6.45, 7) is 2.85. The predicted molar refractivity (Wildman–Crippen MR) is 145 cm³/mol. The summed E-state index contributed by atoms with van der Waals surface area (Å²) >= 11 is 0. The summed E-state index contributed by atoms with van der Waals surface area (Å²) in [5.41, 5.74) is 2.34. The van der Waals surface area contributed by atoms with Crippen LogP contribution >= 0.6 is 0 Å². The minimum Gasteiger partial charge on any atom is -0.507 e. The number of halogens is 1. The van der Waals surface area contributed by atoms with Gasteiger partial charge >= 0.3 is 0 Å². The number of benzene rings is 1. The van der Waals surface area contributed by atoms with E-state index in [4.69, 9.17) is 10.8 Å². The lowest BCUT2D eigenvalue weighted by molar-refractivity contribution is -0.160. The van der Waals surface area contributed by atoms with E-state index in [2.05, 4.69) is 4.90 Å². The number of likely N-dealkylation sites (N-methyl/N-ethyl adjacent to an activating group) is 1. The first-order valence-corrected chi connectivity index (χ1v) is 13.6. The summed E-state index contributed by atoms with van der Waals surface area (Å²) in [5.74, 6) is -6.33. The number of Topliss-reactive ketones (excluding diaryl/α,β-unsaturated/α-hetero) is 2. The van der Waals surface area contributed by atoms with Crippen LogP contribution in [-0.2, 0) is 27.2 Å². The Kier molecular flexibility index (Phi) is 8.51. The Morgan fingerprint density at radius 1 is 1.18 bits per heavy atom. The highest BCUT2D eigenvalue weighted by Crippen LogP contribution is 2.51. The van der Waals surface area contributed by atoms with E-state index >= 15 is 4.39 Å². The van der Waals surface area contributed by atoms with Crippen LogP contribution in [0.15, 0.2) is 23.3 Å². The number of ketones is 2. The molecule has 1 saturated carbocycles. The molecule has 1 aliphatic heterocycles. The molecule has 2 fully saturated rings. The van der Waals surface area contributed by atoms with Gasteiger partial charge in [0.25, 0.3) is 5.91 Å². The summed E-state index contributed by atoms with van der Waals surface area (Å²) in [6.07, 6.45) is 4.83. The summed E-state index contributed by atoms with van der Waals surface area (Å²) in [7, 11) is 4.37. The van der Waals surface area contributed by atoms with Crippen molar-refractivity contribution in [3.8, 4) is 5.75 Å². The number of likely N-dealkylation sites (tertiary alicyclic amines) is 1. The van der Waals surface area contributed by atoms with Crippen LogP contribution in [0.5, 0.6) is 5.75 Å². The molecule has 0 unspecified atom stereocenters. The minimum absolute atomic E-state index is 0.0151. The molecule has 1 heterocycles. The maximum absolute atomic E-state index is 15.4. The minimum atomic E-state index is -2.62. The van der Waals surface area contributed by atoms with E-state index < -0.39 is 58.1 Å². The highest BCUT2D eigenvalue weighted by Gasteiger charge is 2.63. The van der Waals surface area contributed by atoms with Crippen LogP contribution in [0.4, 0.5) is 4.39 Å². The van der Waals surface area contributed by atoms with Crippen molar-refractivity contribution in [1.29, 1.82) is 0 Å². The van der Waals surface area contributed by atoms with Gasteiger partial charge in [0.1, 0.15) is 17.3 Å². The smallest absolute Gasteiger partial charge is 0.252 e. The highest BCUT2D eigenvalue weighted by atomic mass is 19.1. The number of phenols is 1. The lowest BCUT2D eigenvalue weighted by atomic mass is 9.57. The molecule has 10 nitrogen and oxygen atoms in total. The standard InChI is InChI=1S/C28H34FN3O6.CH4O/c1-31(2)20-13-17(27(30)37)25(35)28(38)18(20)11-15-10-16-19(29)12-14(6-5-9-32-7-3-4-8-32)23(33)22(16)24(34)21(15)26(28)36;1-2/h12-13,15,18,20,33-34,38H,3-11H2,1-2H3,(H2,30,37);2H,1H3/t15-,18-,20+,28+;/m0./s1. The number of aliphatic hydroxyl groups is 3. The molecule has 6 N–H and O–H groups in total. The van der Waals surface area contributed by atoms with Crippen LogP contribution in [0.3, 0.4) is 0 Å². The Morgan fingerprint density at radius 3 is 2.42 bits per heavy atom. The number of amides is 1. The van der Waals surface area contributed by atoms with Crippen molar-refractivity contribution in [1.82, 2.24) is 9.80 Å². The molecule has 11 heteroatoms. The van der Waals surface area contributed by atoms with E-state index in [-0.39, 0.29) is 35.3 Å². The van der Waals surface area contributed by atoms with Gasteiger partial charge in [-0.3, -0.25) is 14.4 Å². The first-order valence-electron chi connectivity index (χ1n) is 13.6. The quantitative estimate of drug-likeness (QED) is 0.251. The second kappa shape index (κ2) is 11.4. The SMILES string of the molecule is CN(C)[C@@H]1C=C(C(N)=O)C(=O)[C@@]2(O)C(=O)C3=C(O)c4c(O)c(CCCN5CCCC5)cc(F)c4C[C@H]3C[C@@H]12.CO. The average molecular weight is 560 g/mol. The number of primary amides is 1. The Hall–Kier alpha value is -3.12. The van der Waals surface area contributed by atoms with Crippen molar-refractivity contribution in [2.24, 2.45) is 17.6 Å². The van der Waals surface area contributed by atoms with Crippen LogP contribution in [0.1, 0.15) is 42.4 Å². The molecule has 1 amide bonds. The molecule has 4 atom stereocenters. The van der Waals surface area contributed by atoms with Gasteiger partial charge in [0, 0.05) is 30.2 Å². The predicted octanol–water partition coefficient (Wildman–Crippen LogP) is 0.854. The van der Waals surface area contributed by atoms with E-state index in [1.165, 1.54) is 12.1 Å². The number of nitrogens with zero attached hydrogens (tertiary/aromatic N) is 2. The Morgan fingerprint density at radius 2 is 1.82 bits per heavy atom. The molecule has 1 aromatic carbocycles. The molecule has 1 aromatic rings. The molecule has 0 bridgehead atoms. The fourth-order valence-electron chi connectivity index (χ4n) is 6.83. The largest absolute Gasteiger partial charge is 0.507 e. The molecule has 1 saturated heterocycles. The third kappa shape index (κ3) is 4.74. The molecule has 0 radical (unpaired) electrons. The van der Waals surface area contributed by atoms with Crippen LogP contribution in [0, 0.1) is 17.7 Å². The Bertz CT molecular complexity index is 1280. The number of nitrogens with two attached hydrogens (primary N) is 1. The summed E-state index contributed by atoms with van der Waals surface area (Å²) in [4.78, 5) is 43.1. The molecule has 4 aliphatic rings. The Balaban J connectivity index is 0.00000181. The molecule has 3 aliphatic carbocycles. The lowest BCUT2D eigenvalue weighted by Crippen LogP contribution is -2.66. The number of carbonyl (C=O) groups excluding carboxylic acids is 3. The zero-order valence-electron chi connectivity index (χ0n) is 23.1. The number of aryl methyl sites for hydroxylation is 1. The van der Waals surface area contributed by atoms with E-state index in [0.29, 0.717) is 18.4 Å². The average Bonchev–Trinajstić information content (AvgIpc) is 3.43. The van der Waals surface area contributed by atoms with E-state index in [1.54, 1.807) is 19.0 Å². The Labute approximate surface area is 232 Å². The number of carbonyl (C=O) groups is 3. The van der Waals surface area contributed by atoms with Gasteiger partial charge in [-0.2, -0.15) is 0 Å². The van der Waals surface area contributed by atoms with Crippen molar-refractivity contribution in [3.05, 3.63) is 45.8 Å². The number of rotatable bonds is 6. The molecular formula is C29H38FN3O7. The van der Waals surface area contributed by atoms with E-state index in [1.807, 2.05) is 0 Å². The molecule has 40 heavy (non-hydrogen) atoms. The van der Waals surface area contributed by atoms with Crippen molar-refractivity contribution >= 4 is 23.2 Å². The van der Waals surface area contributed by atoms with E-state index in [0.717, 1.165) is 39.6 Å². The van der Waals surface area contributed by atoms with Crippen LogP contribution < -0.4 is 5.73 Å². The summed E-state index contributed by atoms with van der Waals surface area (Å²) < 4.78 is 15.4. The molecule has 0 aromatic heterocycles. The zero-order chi connectivity index (χ0) is 29.5. The van der Waals surface area contributed by atoms with Crippen LogP contribution in [-0.4, -0.2) is 100 Å². The second-order valence-electron chi connectivity index (χ2n) is 11.2. The number of aliphatic hydroxyl groups excluding tert-OH is 2. The molecule has 0 spiro atoms. The van der Waals surface area contributed by atoms with Crippen molar-refractivity contribution in [2.75, 3.05) is 40.8 Å². The lowest BCUT2D eigenvalue weighted by Gasteiger charge is -2.49. The molecule has 5 rings (SSSR count). The molecule has 218 valence electrons. The zero-order valence-corrected chi connectivity index (χ0v) is 23.1.